The van der Waals surface area contributed by atoms with Crippen molar-refractivity contribution in [2.45, 2.75) is 18.6 Å². The number of ether oxygens (including phenoxy) is 1. The van der Waals surface area contributed by atoms with E-state index in [1.54, 1.807) is 54.6 Å². The second-order valence-corrected chi connectivity index (χ2v) is 5.07. The van der Waals surface area contributed by atoms with E-state index in [0.717, 1.165) is 0 Å². The highest BCUT2D eigenvalue weighted by molar-refractivity contribution is 6.10. The molecule has 0 aromatic heterocycles. The Labute approximate surface area is 134 Å². The van der Waals surface area contributed by atoms with Crippen LogP contribution in [0.1, 0.15) is 34.0 Å². The minimum Gasteiger partial charge on any atom is -0.469 e. The van der Waals surface area contributed by atoms with Crippen LogP contribution in [0.5, 0.6) is 0 Å². The smallest absolute Gasteiger partial charge is 0.308 e. The number of aliphatic hydroxyl groups is 2. The average molecular weight is 314 g/mol. The van der Waals surface area contributed by atoms with E-state index < -0.39 is 18.2 Å². The number of benzene rings is 2. The van der Waals surface area contributed by atoms with Crippen LogP contribution in [-0.2, 0) is 9.53 Å². The Hall–Kier alpha value is -2.50. The molecule has 0 amide bonds. The molecule has 2 rings (SSSR count). The molecule has 2 N–H and O–H groups in total. The first kappa shape index (κ1) is 16.9. The van der Waals surface area contributed by atoms with Gasteiger partial charge in [0.1, 0.15) is 6.10 Å². The first-order valence-corrected chi connectivity index (χ1v) is 7.16. The van der Waals surface area contributed by atoms with Gasteiger partial charge in [0.05, 0.1) is 19.6 Å². The maximum absolute atomic E-state index is 12.6. The van der Waals surface area contributed by atoms with Crippen molar-refractivity contribution in [1.82, 2.24) is 0 Å². The van der Waals surface area contributed by atoms with Gasteiger partial charge in [-0.2, -0.15) is 0 Å². The summed E-state index contributed by atoms with van der Waals surface area (Å²) in [5.74, 6) is -0.895. The van der Waals surface area contributed by atoms with E-state index in [1.165, 1.54) is 7.11 Å². The van der Waals surface area contributed by atoms with Crippen molar-refractivity contribution < 1.29 is 24.5 Å². The zero-order valence-corrected chi connectivity index (χ0v) is 12.7. The molecule has 2 atom stereocenters. The van der Waals surface area contributed by atoms with Crippen molar-refractivity contribution in [1.29, 1.82) is 0 Å². The second kappa shape index (κ2) is 7.67. The number of rotatable bonds is 6. The Balaban J connectivity index is 2.30. The molecular formula is C18H18O5. The van der Waals surface area contributed by atoms with Crippen molar-refractivity contribution in [2.24, 2.45) is 0 Å². The summed E-state index contributed by atoms with van der Waals surface area (Å²) in [7, 11) is 1.20. The summed E-state index contributed by atoms with van der Waals surface area (Å²) in [4.78, 5) is 23.8. The molecule has 0 fully saturated rings. The summed E-state index contributed by atoms with van der Waals surface area (Å²) in [6, 6.07) is 15.1. The van der Waals surface area contributed by atoms with Crippen molar-refractivity contribution in [3.05, 3.63) is 71.3 Å². The van der Waals surface area contributed by atoms with Crippen molar-refractivity contribution in [3.8, 4) is 0 Å². The van der Waals surface area contributed by atoms with Crippen LogP contribution in [0.15, 0.2) is 54.6 Å². The van der Waals surface area contributed by atoms with Gasteiger partial charge >= 0.3 is 5.97 Å². The monoisotopic (exact) mass is 314 g/mol. The minimum atomic E-state index is -1.36. The Bertz CT molecular complexity index is 681. The molecule has 0 aliphatic heterocycles. The zero-order valence-electron chi connectivity index (χ0n) is 12.7. The summed E-state index contributed by atoms with van der Waals surface area (Å²) in [6.45, 7) is 0. The molecule has 2 aromatic rings. The van der Waals surface area contributed by atoms with Crippen LogP contribution in [0.2, 0.25) is 0 Å². The van der Waals surface area contributed by atoms with Crippen LogP contribution in [0.25, 0.3) is 0 Å². The topological polar surface area (TPSA) is 83.8 Å². The molecule has 2 unspecified atom stereocenters. The van der Waals surface area contributed by atoms with Crippen LogP contribution < -0.4 is 0 Å². The number of aliphatic hydroxyl groups excluding tert-OH is 2. The number of hydrogen-bond acceptors (Lipinski definition) is 5. The predicted molar refractivity (Wildman–Crippen MR) is 83.9 cm³/mol. The molecule has 5 heteroatoms. The number of hydrogen-bond donors (Lipinski definition) is 2. The lowest BCUT2D eigenvalue weighted by Crippen LogP contribution is -2.24. The van der Waals surface area contributed by atoms with Gasteiger partial charge in [-0.25, -0.2) is 0 Å². The molecular weight excluding hydrogens is 296 g/mol. The first-order valence-electron chi connectivity index (χ1n) is 7.16. The van der Waals surface area contributed by atoms with Crippen LogP contribution in [0.3, 0.4) is 0 Å². The van der Waals surface area contributed by atoms with Gasteiger partial charge < -0.3 is 14.9 Å². The lowest BCUT2D eigenvalue weighted by Gasteiger charge is -2.19. The third-order valence-electron chi connectivity index (χ3n) is 3.53. The van der Waals surface area contributed by atoms with E-state index in [4.69, 9.17) is 0 Å². The largest absolute Gasteiger partial charge is 0.469 e. The van der Waals surface area contributed by atoms with E-state index in [2.05, 4.69) is 4.74 Å². The van der Waals surface area contributed by atoms with E-state index in [9.17, 15) is 19.8 Å². The van der Waals surface area contributed by atoms with Gasteiger partial charge in [-0.1, -0.05) is 54.6 Å². The molecule has 5 nitrogen and oxygen atoms in total. The fourth-order valence-electron chi connectivity index (χ4n) is 2.28. The standard InChI is InChI=1S/C18H18O5/c1-23-16(20)11-15(19)18(22)14-10-6-5-9-13(14)17(21)12-7-3-2-4-8-12/h2-10,15,18-19,22H,11H2,1H3. The third kappa shape index (κ3) is 4.03. The molecule has 0 spiro atoms. The summed E-state index contributed by atoms with van der Waals surface area (Å²) in [5.41, 5.74) is 1.04. The fourth-order valence-corrected chi connectivity index (χ4v) is 2.28. The lowest BCUT2D eigenvalue weighted by atomic mass is 9.92. The van der Waals surface area contributed by atoms with Crippen LogP contribution in [0.4, 0.5) is 0 Å². The Morgan fingerprint density at radius 2 is 1.61 bits per heavy atom. The number of carbonyl (C=O) groups excluding carboxylic acids is 2. The lowest BCUT2D eigenvalue weighted by molar-refractivity contribution is -0.144. The molecule has 0 aliphatic rings. The molecule has 120 valence electrons. The summed E-state index contributed by atoms with van der Waals surface area (Å²) >= 11 is 0. The maximum Gasteiger partial charge on any atom is 0.308 e. The highest BCUT2D eigenvalue weighted by Crippen LogP contribution is 2.25. The average Bonchev–Trinajstić information content (AvgIpc) is 2.61. The molecule has 2 aromatic carbocycles. The molecule has 0 heterocycles. The zero-order chi connectivity index (χ0) is 16.8. The minimum absolute atomic E-state index is 0.259. The highest BCUT2D eigenvalue weighted by Gasteiger charge is 2.26. The molecule has 0 saturated carbocycles. The van der Waals surface area contributed by atoms with Crippen molar-refractivity contribution >= 4 is 11.8 Å². The van der Waals surface area contributed by atoms with Gasteiger partial charge in [0, 0.05) is 11.1 Å². The van der Waals surface area contributed by atoms with E-state index >= 15 is 0 Å². The van der Waals surface area contributed by atoms with Gasteiger partial charge in [0.15, 0.2) is 5.78 Å². The van der Waals surface area contributed by atoms with Gasteiger partial charge in [0.2, 0.25) is 0 Å². The molecule has 0 saturated heterocycles. The van der Waals surface area contributed by atoms with Gasteiger partial charge in [-0.15, -0.1) is 0 Å². The maximum atomic E-state index is 12.6. The number of methoxy groups -OCH3 is 1. The Morgan fingerprint density at radius 3 is 2.26 bits per heavy atom. The first-order chi connectivity index (χ1) is 11.0. The molecule has 0 bridgehead atoms. The van der Waals surface area contributed by atoms with Gasteiger partial charge in [0.25, 0.3) is 0 Å². The quantitative estimate of drug-likeness (QED) is 0.628. The van der Waals surface area contributed by atoms with Crippen LogP contribution in [-0.4, -0.2) is 35.2 Å². The Morgan fingerprint density at radius 1 is 1.00 bits per heavy atom. The summed E-state index contributed by atoms with van der Waals surface area (Å²) < 4.78 is 4.48. The van der Waals surface area contributed by atoms with E-state index in [-0.39, 0.29) is 23.3 Å². The van der Waals surface area contributed by atoms with Gasteiger partial charge in [-0.3, -0.25) is 9.59 Å². The van der Waals surface area contributed by atoms with Gasteiger partial charge in [-0.05, 0) is 5.56 Å². The number of ketones is 1. The van der Waals surface area contributed by atoms with Crippen molar-refractivity contribution in [2.75, 3.05) is 7.11 Å². The molecule has 0 radical (unpaired) electrons. The predicted octanol–water partition coefficient (Wildman–Crippen LogP) is 1.88. The molecule has 23 heavy (non-hydrogen) atoms. The van der Waals surface area contributed by atoms with E-state index in [0.29, 0.717) is 5.56 Å². The number of esters is 1. The number of carbonyl (C=O) groups is 2. The third-order valence-corrected chi connectivity index (χ3v) is 3.53. The van der Waals surface area contributed by atoms with Crippen molar-refractivity contribution in [3.63, 3.8) is 0 Å². The second-order valence-electron chi connectivity index (χ2n) is 5.07. The highest BCUT2D eigenvalue weighted by atomic mass is 16.5. The van der Waals surface area contributed by atoms with Crippen LogP contribution >= 0.6 is 0 Å². The SMILES string of the molecule is COC(=O)CC(O)C(O)c1ccccc1C(=O)c1ccccc1. The van der Waals surface area contributed by atoms with Crippen LogP contribution in [0, 0.1) is 0 Å². The summed E-state index contributed by atoms with van der Waals surface area (Å²) in [6.07, 6.45) is -3.07. The normalized spacial score (nSPS) is 13.2. The van der Waals surface area contributed by atoms with E-state index in [1.807, 2.05) is 0 Å². The molecule has 0 aliphatic carbocycles. The summed E-state index contributed by atoms with van der Waals surface area (Å²) in [5, 5.41) is 20.3. The Kier molecular flexibility index (Phi) is 5.62. The fraction of sp³-hybridized carbons (Fsp3) is 0.222.